The number of aliphatic hydroxyl groups excluding tert-OH is 1. The summed E-state index contributed by atoms with van der Waals surface area (Å²) in [7, 11) is 0. The molecular formula is C13H17BrFNO. The van der Waals surface area contributed by atoms with E-state index in [9.17, 15) is 9.50 Å². The molecule has 2 atom stereocenters. The summed E-state index contributed by atoms with van der Waals surface area (Å²) in [6.45, 7) is 1.28. The molecule has 1 aromatic carbocycles. The van der Waals surface area contributed by atoms with Crippen LogP contribution in [0.2, 0.25) is 0 Å². The van der Waals surface area contributed by atoms with Crippen molar-refractivity contribution in [3.05, 3.63) is 34.1 Å². The van der Waals surface area contributed by atoms with Crippen LogP contribution in [0.3, 0.4) is 0 Å². The van der Waals surface area contributed by atoms with Crippen molar-refractivity contribution in [2.45, 2.75) is 31.9 Å². The second-order valence-electron chi connectivity index (χ2n) is 4.62. The van der Waals surface area contributed by atoms with E-state index in [2.05, 4.69) is 21.2 Å². The highest BCUT2D eigenvalue weighted by atomic mass is 79.9. The number of aliphatic hydroxyl groups is 1. The Morgan fingerprint density at radius 1 is 1.41 bits per heavy atom. The van der Waals surface area contributed by atoms with E-state index in [0.29, 0.717) is 18.0 Å². The van der Waals surface area contributed by atoms with Crippen molar-refractivity contribution in [2.75, 3.05) is 6.54 Å². The first-order chi connectivity index (χ1) is 8.16. The van der Waals surface area contributed by atoms with Crippen LogP contribution in [0.15, 0.2) is 22.7 Å². The summed E-state index contributed by atoms with van der Waals surface area (Å²) in [5.74, 6) is 0.132. The van der Waals surface area contributed by atoms with Gasteiger partial charge in [0.15, 0.2) is 0 Å². The SMILES string of the molecule is OC1CCCC1CNCc1ccc(Br)cc1F. The first kappa shape index (κ1) is 13.0. The third kappa shape index (κ3) is 3.50. The fourth-order valence-corrected chi connectivity index (χ4v) is 2.65. The smallest absolute Gasteiger partial charge is 0.128 e. The van der Waals surface area contributed by atoms with Crippen LogP contribution in [0.4, 0.5) is 4.39 Å². The topological polar surface area (TPSA) is 32.3 Å². The van der Waals surface area contributed by atoms with Crippen molar-refractivity contribution in [1.82, 2.24) is 5.32 Å². The summed E-state index contributed by atoms with van der Waals surface area (Å²) in [6.07, 6.45) is 2.88. The van der Waals surface area contributed by atoms with Gasteiger partial charge in [-0.15, -0.1) is 0 Å². The molecule has 1 aromatic rings. The van der Waals surface area contributed by atoms with E-state index in [1.807, 2.05) is 6.07 Å². The van der Waals surface area contributed by atoms with E-state index in [1.165, 1.54) is 6.07 Å². The van der Waals surface area contributed by atoms with Crippen LogP contribution < -0.4 is 5.32 Å². The van der Waals surface area contributed by atoms with Crippen molar-refractivity contribution >= 4 is 15.9 Å². The summed E-state index contributed by atoms with van der Waals surface area (Å²) in [5, 5.41) is 12.9. The maximum Gasteiger partial charge on any atom is 0.128 e. The van der Waals surface area contributed by atoms with E-state index in [1.54, 1.807) is 6.07 Å². The van der Waals surface area contributed by atoms with Gasteiger partial charge in [0.2, 0.25) is 0 Å². The molecule has 0 heterocycles. The number of hydrogen-bond donors (Lipinski definition) is 2. The molecule has 0 spiro atoms. The van der Waals surface area contributed by atoms with Crippen molar-refractivity contribution < 1.29 is 9.50 Å². The second kappa shape index (κ2) is 5.94. The number of hydrogen-bond acceptors (Lipinski definition) is 2. The molecule has 4 heteroatoms. The van der Waals surface area contributed by atoms with E-state index < -0.39 is 0 Å². The fraction of sp³-hybridized carbons (Fsp3) is 0.538. The molecule has 1 aliphatic carbocycles. The lowest BCUT2D eigenvalue weighted by molar-refractivity contribution is 0.131. The zero-order valence-electron chi connectivity index (χ0n) is 9.63. The zero-order chi connectivity index (χ0) is 12.3. The largest absolute Gasteiger partial charge is 0.393 e. The number of nitrogens with one attached hydrogen (secondary N) is 1. The van der Waals surface area contributed by atoms with Gasteiger partial charge in [-0.2, -0.15) is 0 Å². The molecule has 1 aliphatic rings. The third-order valence-corrected chi connectivity index (χ3v) is 3.85. The van der Waals surface area contributed by atoms with Crippen LogP contribution in [0, 0.1) is 11.7 Å². The predicted octanol–water partition coefficient (Wildman–Crippen LogP) is 2.84. The van der Waals surface area contributed by atoms with E-state index in [-0.39, 0.29) is 11.9 Å². The van der Waals surface area contributed by atoms with Gasteiger partial charge < -0.3 is 10.4 Å². The molecule has 0 aromatic heterocycles. The van der Waals surface area contributed by atoms with E-state index in [4.69, 9.17) is 0 Å². The number of rotatable bonds is 4. The van der Waals surface area contributed by atoms with Crippen LogP contribution >= 0.6 is 15.9 Å². The van der Waals surface area contributed by atoms with Crippen LogP contribution in [-0.2, 0) is 6.54 Å². The van der Waals surface area contributed by atoms with E-state index in [0.717, 1.165) is 30.3 Å². The Hall–Kier alpha value is -0.450. The predicted molar refractivity (Wildman–Crippen MR) is 69.2 cm³/mol. The molecule has 1 fully saturated rings. The van der Waals surface area contributed by atoms with Gasteiger partial charge in [0.25, 0.3) is 0 Å². The summed E-state index contributed by atoms with van der Waals surface area (Å²) < 4.78 is 14.3. The molecule has 2 nitrogen and oxygen atoms in total. The highest BCUT2D eigenvalue weighted by Gasteiger charge is 2.24. The standard InChI is InChI=1S/C13H17BrFNO/c14-11-5-4-9(12(15)6-11)7-16-8-10-2-1-3-13(10)17/h4-6,10,13,16-17H,1-3,7-8H2. The van der Waals surface area contributed by atoms with Crippen LogP contribution in [0.25, 0.3) is 0 Å². The van der Waals surface area contributed by atoms with Crippen molar-refractivity contribution in [3.63, 3.8) is 0 Å². The fourth-order valence-electron chi connectivity index (χ4n) is 2.31. The highest BCUT2D eigenvalue weighted by Crippen LogP contribution is 2.24. The molecule has 1 saturated carbocycles. The van der Waals surface area contributed by atoms with Gasteiger partial charge in [0.05, 0.1) is 6.10 Å². The monoisotopic (exact) mass is 301 g/mol. The van der Waals surface area contributed by atoms with Gasteiger partial charge in [0.1, 0.15) is 5.82 Å². The average molecular weight is 302 g/mol. The normalized spacial score (nSPS) is 24.2. The third-order valence-electron chi connectivity index (χ3n) is 3.36. The molecule has 17 heavy (non-hydrogen) atoms. The van der Waals surface area contributed by atoms with Crippen LogP contribution in [0.5, 0.6) is 0 Å². The second-order valence-corrected chi connectivity index (χ2v) is 5.54. The minimum absolute atomic E-state index is 0.183. The first-order valence-electron chi connectivity index (χ1n) is 5.99. The van der Waals surface area contributed by atoms with Gasteiger partial charge in [-0.25, -0.2) is 4.39 Å². The minimum atomic E-state index is -0.196. The molecule has 94 valence electrons. The quantitative estimate of drug-likeness (QED) is 0.896. The Morgan fingerprint density at radius 3 is 2.88 bits per heavy atom. The Bertz CT molecular complexity index is 386. The number of benzene rings is 1. The zero-order valence-corrected chi connectivity index (χ0v) is 11.2. The molecule has 2 rings (SSSR count). The molecule has 0 aliphatic heterocycles. The molecule has 0 bridgehead atoms. The molecule has 0 amide bonds. The molecular weight excluding hydrogens is 285 g/mol. The average Bonchev–Trinajstić information content (AvgIpc) is 2.68. The molecule has 0 radical (unpaired) electrons. The van der Waals surface area contributed by atoms with Crippen LogP contribution in [0.1, 0.15) is 24.8 Å². The van der Waals surface area contributed by atoms with Gasteiger partial charge in [-0.1, -0.05) is 28.4 Å². The van der Waals surface area contributed by atoms with Crippen molar-refractivity contribution in [1.29, 1.82) is 0 Å². The Morgan fingerprint density at radius 2 is 2.24 bits per heavy atom. The molecule has 2 unspecified atom stereocenters. The number of halogens is 2. The first-order valence-corrected chi connectivity index (χ1v) is 6.79. The molecule has 2 N–H and O–H groups in total. The minimum Gasteiger partial charge on any atom is -0.393 e. The lowest BCUT2D eigenvalue weighted by Crippen LogP contribution is -2.27. The van der Waals surface area contributed by atoms with Crippen molar-refractivity contribution in [3.8, 4) is 0 Å². The summed E-state index contributed by atoms with van der Waals surface area (Å²) >= 11 is 3.23. The van der Waals surface area contributed by atoms with E-state index >= 15 is 0 Å². The van der Waals surface area contributed by atoms with Crippen molar-refractivity contribution in [2.24, 2.45) is 5.92 Å². The van der Waals surface area contributed by atoms with Gasteiger partial charge in [0, 0.05) is 23.1 Å². The maximum absolute atomic E-state index is 13.5. The lowest BCUT2D eigenvalue weighted by Gasteiger charge is -2.15. The Kier molecular flexibility index (Phi) is 4.54. The summed E-state index contributed by atoms with van der Waals surface area (Å²) in [4.78, 5) is 0. The molecule has 0 saturated heterocycles. The van der Waals surface area contributed by atoms with Crippen LogP contribution in [-0.4, -0.2) is 17.8 Å². The highest BCUT2D eigenvalue weighted by molar-refractivity contribution is 9.10. The Labute approximate surface area is 109 Å². The maximum atomic E-state index is 13.5. The van der Waals surface area contributed by atoms with Gasteiger partial charge in [-0.05, 0) is 30.9 Å². The summed E-state index contributed by atoms with van der Waals surface area (Å²) in [5.41, 5.74) is 0.667. The lowest BCUT2D eigenvalue weighted by atomic mass is 10.1. The van der Waals surface area contributed by atoms with Gasteiger partial charge >= 0.3 is 0 Å². The summed E-state index contributed by atoms with van der Waals surface area (Å²) in [6, 6.07) is 5.09. The Balaban J connectivity index is 1.81. The van der Waals surface area contributed by atoms with Gasteiger partial charge in [-0.3, -0.25) is 0 Å².